The highest BCUT2D eigenvalue weighted by Gasteiger charge is 2.40. The molecule has 1 aliphatic carbocycles. The second kappa shape index (κ2) is 3.49. The lowest BCUT2D eigenvalue weighted by molar-refractivity contribution is 0.191. The van der Waals surface area contributed by atoms with Gasteiger partial charge in [0, 0.05) is 25.2 Å². The van der Waals surface area contributed by atoms with Gasteiger partial charge < -0.3 is 5.32 Å². The van der Waals surface area contributed by atoms with Crippen LogP contribution in [0.25, 0.3) is 0 Å². The van der Waals surface area contributed by atoms with Gasteiger partial charge >= 0.3 is 0 Å². The summed E-state index contributed by atoms with van der Waals surface area (Å²) in [4.78, 5) is 2.83. The Kier molecular flexibility index (Phi) is 2.29. The fourth-order valence-corrected chi connectivity index (χ4v) is 3.30. The molecule has 14 heavy (non-hydrogen) atoms. The molecule has 2 bridgehead atoms. The van der Waals surface area contributed by atoms with Gasteiger partial charge in [-0.2, -0.15) is 0 Å². The first-order chi connectivity index (χ1) is 6.84. The molecule has 3 fully saturated rings. The molecule has 2 heteroatoms. The number of nitrogens with zero attached hydrogens (tertiary/aromatic N) is 1. The molecule has 0 radical (unpaired) electrons. The third-order valence-corrected chi connectivity index (χ3v) is 4.53. The van der Waals surface area contributed by atoms with E-state index in [1.54, 1.807) is 0 Å². The molecule has 2 nitrogen and oxygen atoms in total. The molecule has 0 aromatic heterocycles. The zero-order valence-corrected chi connectivity index (χ0v) is 9.21. The van der Waals surface area contributed by atoms with Gasteiger partial charge in [0.15, 0.2) is 0 Å². The molecule has 2 saturated heterocycles. The van der Waals surface area contributed by atoms with Crippen LogP contribution in [0.3, 0.4) is 0 Å². The van der Waals surface area contributed by atoms with Gasteiger partial charge in [-0.25, -0.2) is 0 Å². The Morgan fingerprint density at radius 3 is 2.79 bits per heavy atom. The maximum atomic E-state index is 3.57. The maximum Gasteiger partial charge on any atom is 0.0224 e. The minimum Gasteiger partial charge on any atom is -0.315 e. The fourth-order valence-electron chi connectivity index (χ4n) is 3.30. The Hall–Kier alpha value is -0.0800. The van der Waals surface area contributed by atoms with E-state index in [1.165, 1.54) is 45.3 Å². The highest BCUT2D eigenvalue weighted by atomic mass is 15.2. The van der Waals surface area contributed by atoms with E-state index in [1.807, 2.05) is 0 Å². The molecule has 1 N–H and O–H groups in total. The van der Waals surface area contributed by atoms with Gasteiger partial charge in [-0.3, -0.25) is 4.90 Å². The Morgan fingerprint density at radius 1 is 1.21 bits per heavy atom. The van der Waals surface area contributed by atoms with Crippen LogP contribution in [0, 0.1) is 11.8 Å². The number of nitrogens with one attached hydrogen (secondary N) is 1. The van der Waals surface area contributed by atoms with Crippen molar-refractivity contribution in [2.45, 2.75) is 44.7 Å². The standard InChI is InChI=1S/C12H22N2/c1-9-6-10(9)8-14-11-2-3-12(14)7-13-5-4-11/h9-13H,2-8H2,1H3. The molecule has 80 valence electrons. The SMILES string of the molecule is CC1CC1CN1C2CCNCC1CC2. The lowest BCUT2D eigenvalue weighted by Crippen LogP contribution is -2.39. The summed E-state index contributed by atoms with van der Waals surface area (Å²) >= 11 is 0. The van der Waals surface area contributed by atoms with Crippen molar-refractivity contribution in [3.63, 3.8) is 0 Å². The molecular formula is C12H22N2. The summed E-state index contributed by atoms with van der Waals surface area (Å²) in [5.74, 6) is 2.06. The second-order valence-electron chi connectivity index (χ2n) is 5.55. The van der Waals surface area contributed by atoms with Crippen LogP contribution in [-0.2, 0) is 0 Å². The van der Waals surface area contributed by atoms with Gasteiger partial charge in [0.25, 0.3) is 0 Å². The van der Waals surface area contributed by atoms with Gasteiger partial charge in [-0.15, -0.1) is 0 Å². The fraction of sp³-hybridized carbons (Fsp3) is 1.00. The predicted molar refractivity (Wildman–Crippen MR) is 58.3 cm³/mol. The molecular weight excluding hydrogens is 172 g/mol. The predicted octanol–water partition coefficient (Wildman–Crippen LogP) is 1.47. The van der Waals surface area contributed by atoms with Crippen LogP contribution in [-0.4, -0.2) is 36.6 Å². The van der Waals surface area contributed by atoms with Gasteiger partial charge in [0.1, 0.15) is 0 Å². The lowest BCUT2D eigenvalue weighted by atomic mass is 10.1. The normalized spacial score (nSPS) is 47.8. The smallest absolute Gasteiger partial charge is 0.0224 e. The third kappa shape index (κ3) is 1.59. The van der Waals surface area contributed by atoms with E-state index in [4.69, 9.17) is 0 Å². The average Bonchev–Trinajstić information content (AvgIpc) is 2.72. The molecule has 2 heterocycles. The van der Waals surface area contributed by atoms with Crippen molar-refractivity contribution in [2.75, 3.05) is 19.6 Å². The van der Waals surface area contributed by atoms with Crippen LogP contribution in [0.2, 0.25) is 0 Å². The summed E-state index contributed by atoms with van der Waals surface area (Å²) in [6.07, 6.45) is 5.78. The Bertz CT molecular complexity index is 202. The van der Waals surface area contributed by atoms with E-state index < -0.39 is 0 Å². The summed E-state index contributed by atoms with van der Waals surface area (Å²) in [6, 6.07) is 1.79. The minimum atomic E-state index is 0.871. The van der Waals surface area contributed by atoms with Gasteiger partial charge in [0.2, 0.25) is 0 Å². The van der Waals surface area contributed by atoms with E-state index in [2.05, 4.69) is 17.1 Å². The number of hydrogen-bond acceptors (Lipinski definition) is 2. The first-order valence-corrected chi connectivity index (χ1v) is 6.31. The third-order valence-electron chi connectivity index (χ3n) is 4.53. The quantitative estimate of drug-likeness (QED) is 0.716. The monoisotopic (exact) mass is 194 g/mol. The Balaban J connectivity index is 1.65. The minimum absolute atomic E-state index is 0.871. The zero-order valence-electron chi connectivity index (χ0n) is 9.21. The Labute approximate surface area is 87.0 Å². The average molecular weight is 194 g/mol. The Morgan fingerprint density at radius 2 is 2.00 bits per heavy atom. The second-order valence-corrected chi connectivity index (χ2v) is 5.55. The number of hydrogen-bond donors (Lipinski definition) is 1. The van der Waals surface area contributed by atoms with Gasteiger partial charge in [-0.1, -0.05) is 6.92 Å². The maximum absolute atomic E-state index is 3.57. The van der Waals surface area contributed by atoms with Crippen molar-refractivity contribution in [1.29, 1.82) is 0 Å². The summed E-state index contributed by atoms with van der Waals surface area (Å²) in [5.41, 5.74) is 0. The molecule has 0 aromatic carbocycles. The van der Waals surface area contributed by atoms with Crippen molar-refractivity contribution in [3.05, 3.63) is 0 Å². The van der Waals surface area contributed by atoms with Crippen LogP contribution in [0.15, 0.2) is 0 Å². The number of fused-ring (bicyclic) bond motifs is 2. The van der Waals surface area contributed by atoms with Crippen molar-refractivity contribution >= 4 is 0 Å². The van der Waals surface area contributed by atoms with Crippen LogP contribution < -0.4 is 5.32 Å². The lowest BCUT2D eigenvalue weighted by Gasteiger charge is -2.27. The van der Waals surface area contributed by atoms with Crippen LogP contribution in [0.4, 0.5) is 0 Å². The molecule has 0 aromatic rings. The van der Waals surface area contributed by atoms with Crippen LogP contribution in [0.1, 0.15) is 32.6 Å². The van der Waals surface area contributed by atoms with Gasteiger partial charge in [-0.05, 0) is 44.1 Å². The van der Waals surface area contributed by atoms with E-state index >= 15 is 0 Å². The van der Waals surface area contributed by atoms with E-state index in [0.29, 0.717) is 0 Å². The molecule has 0 amide bonds. The molecule has 4 atom stereocenters. The van der Waals surface area contributed by atoms with Crippen molar-refractivity contribution in [2.24, 2.45) is 11.8 Å². The zero-order chi connectivity index (χ0) is 9.54. The largest absolute Gasteiger partial charge is 0.315 e. The highest BCUT2D eigenvalue weighted by Crippen LogP contribution is 2.41. The van der Waals surface area contributed by atoms with Gasteiger partial charge in [0.05, 0.1) is 0 Å². The van der Waals surface area contributed by atoms with E-state index in [-0.39, 0.29) is 0 Å². The molecule has 2 aliphatic heterocycles. The summed E-state index contributed by atoms with van der Waals surface area (Å²) < 4.78 is 0. The highest BCUT2D eigenvalue weighted by molar-refractivity contribution is 4.95. The van der Waals surface area contributed by atoms with E-state index in [9.17, 15) is 0 Å². The molecule has 0 spiro atoms. The summed E-state index contributed by atoms with van der Waals surface area (Å²) in [7, 11) is 0. The molecule has 1 saturated carbocycles. The first-order valence-electron chi connectivity index (χ1n) is 6.31. The van der Waals surface area contributed by atoms with Crippen molar-refractivity contribution < 1.29 is 0 Å². The molecule has 4 unspecified atom stereocenters. The molecule has 3 aliphatic rings. The first kappa shape index (κ1) is 9.17. The summed E-state index contributed by atoms with van der Waals surface area (Å²) in [5, 5.41) is 3.57. The molecule has 3 rings (SSSR count). The van der Waals surface area contributed by atoms with E-state index in [0.717, 1.165) is 23.9 Å². The van der Waals surface area contributed by atoms with Crippen LogP contribution >= 0.6 is 0 Å². The summed E-state index contributed by atoms with van der Waals surface area (Å²) in [6.45, 7) is 6.30. The number of rotatable bonds is 2. The topological polar surface area (TPSA) is 15.3 Å². The van der Waals surface area contributed by atoms with Crippen molar-refractivity contribution in [3.8, 4) is 0 Å². The van der Waals surface area contributed by atoms with Crippen LogP contribution in [0.5, 0.6) is 0 Å². The van der Waals surface area contributed by atoms with Crippen molar-refractivity contribution in [1.82, 2.24) is 10.2 Å².